The molecular formula is C21H22N2O3. The molecule has 5 nitrogen and oxygen atoms in total. The number of ether oxygens (including phenoxy) is 1. The molecule has 0 atom stereocenters. The van der Waals surface area contributed by atoms with Gasteiger partial charge in [0.1, 0.15) is 5.75 Å². The van der Waals surface area contributed by atoms with Crippen molar-refractivity contribution < 1.29 is 14.3 Å². The molecule has 2 aromatic carbocycles. The summed E-state index contributed by atoms with van der Waals surface area (Å²) in [7, 11) is 5.02. The van der Waals surface area contributed by atoms with Crippen molar-refractivity contribution in [2.24, 2.45) is 0 Å². The van der Waals surface area contributed by atoms with Gasteiger partial charge in [-0.05, 0) is 42.0 Å². The van der Waals surface area contributed by atoms with Crippen LogP contribution in [0.4, 0.5) is 0 Å². The van der Waals surface area contributed by atoms with Gasteiger partial charge in [-0.3, -0.25) is 9.59 Å². The van der Waals surface area contributed by atoms with Crippen molar-refractivity contribution in [2.75, 3.05) is 27.7 Å². The average molecular weight is 350 g/mol. The summed E-state index contributed by atoms with van der Waals surface area (Å²) in [6.07, 6.45) is 0.278. The van der Waals surface area contributed by atoms with E-state index in [-0.39, 0.29) is 24.8 Å². The first-order valence-corrected chi connectivity index (χ1v) is 8.20. The molecule has 0 spiro atoms. The molecule has 26 heavy (non-hydrogen) atoms. The van der Waals surface area contributed by atoms with E-state index in [0.717, 1.165) is 16.9 Å². The van der Waals surface area contributed by atoms with E-state index in [9.17, 15) is 9.59 Å². The predicted octanol–water partition coefficient (Wildman–Crippen LogP) is 2.11. The van der Waals surface area contributed by atoms with E-state index < -0.39 is 0 Å². The number of hydrogen-bond donors (Lipinski definition) is 1. The van der Waals surface area contributed by atoms with E-state index in [4.69, 9.17) is 4.74 Å². The van der Waals surface area contributed by atoms with Gasteiger partial charge in [0, 0.05) is 25.2 Å². The molecule has 2 amide bonds. The third kappa shape index (κ3) is 5.67. The molecule has 0 aliphatic heterocycles. The topological polar surface area (TPSA) is 58.6 Å². The Morgan fingerprint density at radius 2 is 1.85 bits per heavy atom. The van der Waals surface area contributed by atoms with Gasteiger partial charge in [0.25, 0.3) is 5.91 Å². The second-order valence-electron chi connectivity index (χ2n) is 5.88. The molecule has 5 heteroatoms. The Bertz CT molecular complexity index is 830. The van der Waals surface area contributed by atoms with Crippen molar-refractivity contribution in [3.05, 3.63) is 65.2 Å². The molecule has 0 aliphatic rings. The monoisotopic (exact) mass is 350 g/mol. The number of hydrogen-bond acceptors (Lipinski definition) is 3. The summed E-state index contributed by atoms with van der Waals surface area (Å²) in [6, 6.07) is 14.5. The number of methoxy groups -OCH3 is 1. The molecule has 2 rings (SSSR count). The molecule has 0 heterocycles. The summed E-state index contributed by atoms with van der Waals surface area (Å²) in [6.45, 7) is 0.265. The summed E-state index contributed by atoms with van der Waals surface area (Å²) in [5, 5.41) is 2.77. The molecule has 0 saturated heterocycles. The van der Waals surface area contributed by atoms with Crippen molar-refractivity contribution >= 4 is 11.8 Å². The standard InChI is InChI=1S/C21H22N2O3/c1-23(2)21(25)18-11-9-16(10-12-18)7-5-13-22-20(24)15-17-6-4-8-19(14-17)26-3/h4,6,8-12,14H,13,15H2,1-3H3,(H,22,24). The Labute approximate surface area is 154 Å². The van der Waals surface area contributed by atoms with Crippen LogP contribution in [-0.4, -0.2) is 44.5 Å². The maximum absolute atomic E-state index is 11.9. The lowest BCUT2D eigenvalue weighted by Crippen LogP contribution is -2.25. The van der Waals surface area contributed by atoms with Crippen molar-refractivity contribution in [3.63, 3.8) is 0 Å². The normalized spacial score (nSPS) is 9.65. The third-order valence-electron chi connectivity index (χ3n) is 3.64. The van der Waals surface area contributed by atoms with Crippen LogP contribution in [0.1, 0.15) is 21.5 Å². The molecule has 2 aromatic rings. The fourth-order valence-corrected chi connectivity index (χ4v) is 2.27. The van der Waals surface area contributed by atoms with Gasteiger partial charge in [0.15, 0.2) is 0 Å². The number of nitrogens with one attached hydrogen (secondary N) is 1. The van der Waals surface area contributed by atoms with Gasteiger partial charge in [0.05, 0.1) is 20.1 Å². The highest BCUT2D eigenvalue weighted by Gasteiger charge is 2.06. The Balaban J connectivity index is 1.84. The highest BCUT2D eigenvalue weighted by atomic mass is 16.5. The first-order valence-electron chi connectivity index (χ1n) is 8.20. The van der Waals surface area contributed by atoms with Gasteiger partial charge < -0.3 is 15.0 Å². The Hall–Kier alpha value is -3.26. The minimum Gasteiger partial charge on any atom is -0.497 e. The van der Waals surface area contributed by atoms with Crippen LogP contribution in [0.15, 0.2) is 48.5 Å². The molecule has 0 saturated carbocycles. The molecular weight excluding hydrogens is 328 g/mol. The SMILES string of the molecule is COc1cccc(CC(=O)NCC#Cc2ccc(C(=O)N(C)C)cc2)c1. The van der Waals surface area contributed by atoms with Gasteiger partial charge in [-0.2, -0.15) is 0 Å². The second kappa shape index (κ2) is 9.28. The van der Waals surface area contributed by atoms with Crippen molar-refractivity contribution in [3.8, 4) is 17.6 Å². The van der Waals surface area contributed by atoms with E-state index in [2.05, 4.69) is 17.2 Å². The molecule has 0 radical (unpaired) electrons. The summed E-state index contributed by atoms with van der Waals surface area (Å²) in [5.41, 5.74) is 2.30. The number of carbonyl (C=O) groups excluding carboxylic acids is 2. The Morgan fingerprint density at radius 3 is 2.50 bits per heavy atom. The molecule has 0 aromatic heterocycles. The van der Waals surface area contributed by atoms with Gasteiger partial charge in [0.2, 0.25) is 5.91 Å². The molecule has 0 unspecified atom stereocenters. The second-order valence-corrected chi connectivity index (χ2v) is 5.88. The van der Waals surface area contributed by atoms with Crippen LogP contribution in [-0.2, 0) is 11.2 Å². The quantitative estimate of drug-likeness (QED) is 0.840. The van der Waals surface area contributed by atoms with Crippen LogP contribution in [0.5, 0.6) is 5.75 Å². The van der Waals surface area contributed by atoms with Crippen molar-refractivity contribution in [1.82, 2.24) is 10.2 Å². The molecule has 0 aliphatic carbocycles. The van der Waals surface area contributed by atoms with E-state index in [1.807, 2.05) is 24.3 Å². The lowest BCUT2D eigenvalue weighted by Gasteiger charge is -2.09. The largest absolute Gasteiger partial charge is 0.497 e. The third-order valence-corrected chi connectivity index (χ3v) is 3.64. The molecule has 134 valence electrons. The van der Waals surface area contributed by atoms with Crippen LogP contribution >= 0.6 is 0 Å². The first-order chi connectivity index (χ1) is 12.5. The minimum absolute atomic E-state index is 0.0469. The van der Waals surface area contributed by atoms with Gasteiger partial charge in [-0.15, -0.1) is 0 Å². The predicted molar refractivity (Wildman–Crippen MR) is 101 cm³/mol. The average Bonchev–Trinajstić information content (AvgIpc) is 2.65. The van der Waals surface area contributed by atoms with Gasteiger partial charge in [-0.25, -0.2) is 0 Å². The summed E-state index contributed by atoms with van der Waals surface area (Å²) in [4.78, 5) is 25.3. The van der Waals surface area contributed by atoms with E-state index in [1.165, 1.54) is 4.90 Å². The summed E-state index contributed by atoms with van der Waals surface area (Å²) >= 11 is 0. The van der Waals surface area contributed by atoms with Crippen molar-refractivity contribution in [2.45, 2.75) is 6.42 Å². The smallest absolute Gasteiger partial charge is 0.253 e. The zero-order chi connectivity index (χ0) is 18.9. The van der Waals surface area contributed by atoms with Crippen LogP contribution in [0.25, 0.3) is 0 Å². The minimum atomic E-state index is -0.0977. The highest BCUT2D eigenvalue weighted by molar-refractivity contribution is 5.93. The molecule has 0 bridgehead atoms. The highest BCUT2D eigenvalue weighted by Crippen LogP contribution is 2.12. The lowest BCUT2D eigenvalue weighted by atomic mass is 10.1. The van der Waals surface area contributed by atoms with E-state index >= 15 is 0 Å². The lowest BCUT2D eigenvalue weighted by molar-refractivity contribution is -0.120. The number of amides is 2. The number of benzene rings is 2. The number of nitrogens with zero attached hydrogens (tertiary/aromatic N) is 1. The zero-order valence-electron chi connectivity index (χ0n) is 15.2. The Morgan fingerprint density at radius 1 is 1.12 bits per heavy atom. The van der Waals surface area contributed by atoms with Crippen LogP contribution in [0, 0.1) is 11.8 Å². The van der Waals surface area contributed by atoms with Crippen LogP contribution in [0.3, 0.4) is 0 Å². The molecule has 0 fully saturated rings. The Kier molecular flexibility index (Phi) is 6.81. The van der Waals surface area contributed by atoms with Crippen molar-refractivity contribution in [1.29, 1.82) is 0 Å². The maximum Gasteiger partial charge on any atom is 0.253 e. The van der Waals surface area contributed by atoms with Crippen LogP contribution in [0.2, 0.25) is 0 Å². The number of rotatable bonds is 5. The molecule has 1 N–H and O–H groups in total. The fraction of sp³-hybridized carbons (Fsp3) is 0.238. The first kappa shape index (κ1) is 19.1. The summed E-state index contributed by atoms with van der Waals surface area (Å²) in [5.74, 6) is 6.46. The summed E-state index contributed by atoms with van der Waals surface area (Å²) < 4.78 is 5.14. The van der Waals surface area contributed by atoms with Gasteiger partial charge in [-0.1, -0.05) is 24.0 Å². The number of carbonyl (C=O) groups is 2. The van der Waals surface area contributed by atoms with Gasteiger partial charge >= 0.3 is 0 Å². The van der Waals surface area contributed by atoms with E-state index in [0.29, 0.717) is 5.56 Å². The van der Waals surface area contributed by atoms with E-state index in [1.54, 1.807) is 45.5 Å². The fourth-order valence-electron chi connectivity index (χ4n) is 2.27. The van der Waals surface area contributed by atoms with Crippen LogP contribution < -0.4 is 10.1 Å². The zero-order valence-corrected chi connectivity index (χ0v) is 15.2. The maximum atomic E-state index is 11.9.